The average Bonchev–Trinajstić information content (AvgIpc) is 2.64. The molecule has 8 heteroatoms. The van der Waals surface area contributed by atoms with Gasteiger partial charge in [0, 0.05) is 27.7 Å². The molecule has 1 heterocycles. The number of benzene rings is 2. The molecule has 1 N–H and O–H groups in total. The number of nitrogens with zero attached hydrogens (tertiary/aromatic N) is 1. The lowest BCUT2D eigenvalue weighted by Gasteiger charge is -2.32. The van der Waals surface area contributed by atoms with E-state index in [1.807, 2.05) is 6.92 Å². The number of anilines is 2. The monoisotopic (exact) mass is 434 g/mol. The van der Waals surface area contributed by atoms with E-state index in [0.29, 0.717) is 39.2 Å². The fourth-order valence-corrected chi connectivity index (χ4v) is 3.61. The number of nitrogens with one attached hydrogen (secondary N) is 1. The Hall–Kier alpha value is -2.57. The SMILES string of the molecule is CCCC(=O)c1ccc2c(c1)N(CC(=O)Nc1cc(Cl)cc(Cl)c1)C(=O)C(C)O2. The van der Waals surface area contributed by atoms with E-state index in [1.165, 1.54) is 4.90 Å². The Morgan fingerprint density at radius 2 is 1.83 bits per heavy atom. The zero-order chi connectivity index (χ0) is 21.1. The van der Waals surface area contributed by atoms with Crippen molar-refractivity contribution in [2.75, 3.05) is 16.8 Å². The minimum atomic E-state index is -0.742. The summed E-state index contributed by atoms with van der Waals surface area (Å²) in [6.45, 7) is 3.29. The van der Waals surface area contributed by atoms with Gasteiger partial charge in [0.2, 0.25) is 5.91 Å². The minimum absolute atomic E-state index is 0.0284. The van der Waals surface area contributed by atoms with E-state index in [9.17, 15) is 14.4 Å². The maximum absolute atomic E-state index is 12.7. The van der Waals surface area contributed by atoms with Gasteiger partial charge >= 0.3 is 0 Å². The summed E-state index contributed by atoms with van der Waals surface area (Å²) in [5.41, 5.74) is 1.30. The highest BCUT2D eigenvalue weighted by Crippen LogP contribution is 2.35. The van der Waals surface area contributed by atoms with E-state index in [4.69, 9.17) is 27.9 Å². The zero-order valence-corrected chi connectivity index (χ0v) is 17.5. The molecule has 0 saturated carbocycles. The number of ketones is 1. The Morgan fingerprint density at radius 1 is 1.14 bits per heavy atom. The van der Waals surface area contributed by atoms with Crippen molar-refractivity contribution in [1.29, 1.82) is 0 Å². The highest BCUT2D eigenvalue weighted by molar-refractivity contribution is 6.35. The average molecular weight is 435 g/mol. The van der Waals surface area contributed by atoms with Crippen LogP contribution in [0, 0.1) is 0 Å². The summed E-state index contributed by atoms with van der Waals surface area (Å²) >= 11 is 11.9. The van der Waals surface area contributed by atoms with Crippen molar-refractivity contribution < 1.29 is 19.1 Å². The van der Waals surface area contributed by atoms with Gasteiger partial charge in [0.15, 0.2) is 11.9 Å². The number of amides is 2. The van der Waals surface area contributed by atoms with Gasteiger partial charge in [-0.3, -0.25) is 19.3 Å². The van der Waals surface area contributed by atoms with Crippen molar-refractivity contribution >= 4 is 52.2 Å². The first kappa shape index (κ1) is 21.1. The number of hydrogen-bond donors (Lipinski definition) is 1. The fraction of sp³-hybridized carbons (Fsp3) is 0.286. The molecule has 2 aromatic carbocycles. The van der Waals surface area contributed by atoms with Crippen LogP contribution < -0.4 is 15.0 Å². The first-order valence-corrected chi connectivity index (χ1v) is 9.95. The number of Topliss-reactive ketones (excluding diaryl/α,β-unsaturated/α-hetero) is 1. The summed E-state index contributed by atoms with van der Waals surface area (Å²) in [4.78, 5) is 38.9. The van der Waals surface area contributed by atoms with Gasteiger partial charge in [-0.15, -0.1) is 0 Å². The normalized spacial score (nSPS) is 15.5. The van der Waals surface area contributed by atoms with E-state index in [2.05, 4.69) is 5.32 Å². The Labute approximate surface area is 178 Å². The van der Waals surface area contributed by atoms with Gasteiger partial charge in [0.05, 0.1) is 5.69 Å². The van der Waals surface area contributed by atoms with Crippen LogP contribution in [0.15, 0.2) is 36.4 Å². The topological polar surface area (TPSA) is 75.7 Å². The molecule has 0 saturated heterocycles. The molecule has 29 heavy (non-hydrogen) atoms. The maximum atomic E-state index is 12.7. The summed E-state index contributed by atoms with van der Waals surface area (Å²) in [7, 11) is 0. The second-order valence-electron chi connectivity index (χ2n) is 6.75. The molecule has 0 spiro atoms. The largest absolute Gasteiger partial charge is 0.479 e. The summed E-state index contributed by atoms with van der Waals surface area (Å²) in [5.74, 6) is -0.373. The van der Waals surface area contributed by atoms with Crippen LogP contribution in [0.3, 0.4) is 0 Å². The summed E-state index contributed by atoms with van der Waals surface area (Å²) in [6.07, 6.45) is 0.379. The Kier molecular flexibility index (Phi) is 6.45. The third-order valence-electron chi connectivity index (χ3n) is 4.41. The summed E-state index contributed by atoms with van der Waals surface area (Å²) in [5, 5.41) is 3.45. The molecular formula is C21H20Cl2N2O4. The number of rotatable bonds is 6. The minimum Gasteiger partial charge on any atom is -0.479 e. The van der Waals surface area contributed by atoms with Gasteiger partial charge in [-0.1, -0.05) is 30.1 Å². The van der Waals surface area contributed by atoms with Crippen molar-refractivity contribution in [1.82, 2.24) is 0 Å². The highest BCUT2D eigenvalue weighted by atomic mass is 35.5. The molecule has 0 radical (unpaired) electrons. The highest BCUT2D eigenvalue weighted by Gasteiger charge is 2.33. The molecule has 2 amide bonds. The number of fused-ring (bicyclic) bond motifs is 1. The molecule has 0 aliphatic carbocycles. The van der Waals surface area contributed by atoms with Crippen molar-refractivity contribution in [3.8, 4) is 5.75 Å². The molecule has 1 aliphatic heterocycles. The van der Waals surface area contributed by atoms with Crippen LogP contribution >= 0.6 is 23.2 Å². The molecule has 1 unspecified atom stereocenters. The first-order valence-electron chi connectivity index (χ1n) is 9.19. The van der Waals surface area contributed by atoms with Crippen LogP contribution in [0.2, 0.25) is 10.0 Å². The number of ether oxygens (including phenoxy) is 1. The number of halogens is 2. The van der Waals surface area contributed by atoms with Gasteiger partial charge in [0.1, 0.15) is 12.3 Å². The van der Waals surface area contributed by atoms with Crippen molar-refractivity contribution in [3.63, 3.8) is 0 Å². The smallest absolute Gasteiger partial charge is 0.268 e. The van der Waals surface area contributed by atoms with Gasteiger partial charge in [-0.05, 0) is 49.7 Å². The molecule has 3 rings (SSSR count). The molecule has 2 aromatic rings. The zero-order valence-electron chi connectivity index (χ0n) is 16.0. The van der Waals surface area contributed by atoms with Gasteiger partial charge in [-0.2, -0.15) is 0 Å². The van der Waals surface area contributed by atoms with Gasteiger partial charge < -0.3 is 10.1 Å². The third-order valence-corrected chi connectivity index (χ3v) is 4.85. The van der Waals surface area contributed by atoms with Crippen LogP contribution in [0.4, 0.5) is 11.4 Å². The number of carbonyl (C=O) groups is 3. The van der Waals surface area contributed by atoms with Gasteiger partial charge in [-0.25, -0.2) is 0 Å². The Balaban J connectivity index is 1.86. The first-order chi connectivity index (χ1) is 13.8. The van der Waals surface area contributed by atoms with E-state index < -0.39 is 12.0 Å². The summed E-state index contributed by atoms with van der Waals surface area (Å²) in [6, 6.07) is 9.60. The van der Waals surface area contributed by atoms with Crippen LogP contribution in [0.25, 0.3) is 0 Å². The second-order valence-corrected chi connectivity index (χ2v) is 7.62. The Morgan fingerprint density at radius 3 is 2.48 bits per heavy atom. The number of carbonyl (C=O) groups excluding carboxylic acids is 3. The van der Waals surface area contributed by atoms with Crippen LogP contribution in [0.1, 0.15) is 37.0 Å². The molecule has 0 aromatic heterocycles. The molecule has 0 bridgehead atoms. The van der Waals surface area contributed by atoms with Crippen LogP contribution in [-0.4, -0.2) is 30.2 Å². The molecule has 1 aliphatic rings. The predicted molar refractivity (Wildman–Crippen MR) is 113 cm³/mol. The maximum Gasteiger partial charge on any atom is 0.268 e. The van der Waals surface area contributed by atoms with Crippen molar-refractivity contribution in [2.45, 2.75) is 32.8 Å². The Bertz CT molecular complexity index is 957. The standard InChI is InChI=1S/C21H20Cl2N2O4/c1-3-4-18(26)13-5-6-19-17(7-13)25(21(28)12(2)29-19)11-20(27)24-16-9-14(22)8-15(23)10-16/h5-10,12H,3-4,11H2,1-2H3,(H,24,27). The second kappa shape index (κ2) is 8.84. The lowest BCUT2D eigenvalue weighted by atomic mass is 10.0. The molecule has 1 atom stereocenters. The van der Waals surface area contributed by atoms with Crippen molar-refractivity contribution in [3.05, 3.63) is 52.0 Å². The van der Waals surface area contributed by atoms with Crippen molar-refractivity contribution in [2.24, 2.45) is 0 Å². The van der Waals surface area contributed by atoms with E-state index in [0.717, 1.165) is 6.42 Å². The van der Waals surface area contributed by atoms with Gasteiger partial charge in [0.25, 0.3) is 5.91 Å². The third kappa shape index (κ3) is 4.89. The molecule has 6 nitrogen and oxygen atoms in total. The van der Waals surface area contributed by atoms with E-state index in [-0.39, 0.29) is 18.2 Å². The fourth-order valence-electron chi connectivity index (χ4n) is 3.09. The molecule has 152 valence electrons. The lowest BCUT2D eigenvalue weighted by molar-refractivity contribution is -0.127. The van der Waals surface area contributed by atoms with E-state index >= 15 is 0 Å². The molecule has 0 fully saturated rings. The summed E-state index contributed by atoms with van der Waals surface area (Å²) < 4.78 is 5.63. The van der Waals surface area contributed by atoms with Crippen LogP contribution in [0.5, 0.6) is 5.75 Å². The lowest BCUT2D eigenvalue weighted by Crippen LogP contribution is -2.47. The van der Waals surface area contributed by atoms with Crippen LogP contribution in [-0.2, 0) is 9.59 Å². The van der Waals surface area contributed by atoms with E-state index in [1.54, 1.807) is 43.3 Å². The predicted octanol–water partition coefficient (Wildman–Crippen LogP) is 4.73. The molecular weight excluding hydrogens is 415 g/mol. The quantitative estimate of drug-likeness (QED) is 0.666. The number of hydrogen-bond acceptors (Lipinski definition) is 4.